The summed E-state index contributed by atoms with van der Waals surface area (Å²) in [6.07, 6.45) is 1.28. The summed E-state index contributed by atoms with van der Waals surface area (Å²) in [5.41, 5.74) is 0.916. The summed E-state index contributed by atoms with van der Waals surface area (Å²) in [4.78, 5) is 19.4. The molecule has 6 rings (SSSR count). The maximum absolute atomic E-state index is 13.1. The van der Waals surface area contributed by atoms with E-state index >= 15 is 0 Å². The Kier molecular flexibility index (Phi) is 4.24. The summed E-state index contributed by atoms with van der Waals surface area (Å²) < 4.78 is 27.6. The Balaban J connectivity index is 1.45. The third-order valence-corrected chi connectivity index (χ3v) is 6.16. The molecule has 0 radical (unpaired) electrons. The van der Waals surface area contributed by atoms with Crippen LogP contribution in [0.25, 0.3) is 5.52 Å². The first-order valence-corrected chi connectivity index (χ1v) is 10.0. The molecule has 1 amide bonds. The van der Waals surface area contributed by atoms with Crippen molar-refractivity contribution < 1.29 is 13.6 Å². The highest BCUT2D eigenvalue weighted by Crippen LogP contribution is 2.31. The molecular weight excluding hydrogens is 386 g/mol. The van der Waals surface area contributed by atoms with Crippen LogP contribution in [-0.4, -0.2) is 45.7 Å². The number of hydrogen-bond donors (Lipinski definition) is 2. The number of hydrogen-bond acceptors (Lipinski definition) is 6. The van der Waals surface area contributed by atoms with Gasteiger partial charge in [-0.25, -0.2) is 18.3 Å². The third kappa shape index (κ3) is 2.92. The molecule has 28 heavy (non-hydrogen) atoms. The second kappa shape index (κ2) is 6.78. The molecule has 146 valence electrons. The molecule has 3 aliphatic rings. The summed E-state index contributed by atoms with van der Waals surface area (Å²) in [6.45, 7) is 1.74. The summed E-state index contributed by atoms with van der Waals surface area (Å²) in [7, 11) is 0. The molecule has 3 aliphatic heterocycles. The lowest BCUT2D eigenvalue weighted by molar-refractivity contribution is 0.102. The Morgan fingerprint density at radius 1 is 1.32 bits per heavy atom. The minimum absolute atomic E-state index is 0.133. The predicted molar refractivity (Wildman–Crippen MR) is 102 cm³/mol. The highest BCUT2D eigenvalue weighted by molar-refractivity contribution is 7.08. The smallest absolute Gasteiger partial charge is 0.274 e. The number of halogens is 2. The average molecular weight is 404 g/mol. The number of thiophene rings is 1. The Hall–Kier alpha value is -2.59. The summed E-state index contributed by atoms with van der Waals surface area (Å²) in [5.74, 6) is 0.101. The zero-order valence-electron chi connectivity index (χ0n) is 14.8. The van der Waals surface area contributed by atoms with Crippen molar-refractivity contribution in [3.05, 3.63) is 40.3 Å². The first-order valence-electron chi connectivity index (χ1n) is 9.10. The molecule has 2 bridgehead atoms. The minimum Gasteiger partial charge on any atom is -0.334 e. The van der Waals surface area contributed by atoms with Crippen LogP contribution >= 0.6 is 11.3 Å². The topological polar surface area (TPSA) is 74.6 Å². The zero-order chi connectivity index (χ0) is 19.3. The number of nitrogens with one attached hydrogen (secondary N) is 2. The van der Waals surface area contributed by atoms with Gasteiger partial charge in [0, 0.05) is 35.9 Å². The zero-order valence-corrected chi connectivity index (χ0v) is 15.6. The van der Waals surface area contributed by atoms with E-state index in [9.17, 15) is 13.6 Å². The Morgan fingerprint density at radius 3 is 2.93 bits per heavy atom. The molecule has 0 aromatic carbocycles. The van der Waals surface area contributed by atoms with E-state index in [0.717, 1.165) is 37.3 Å². The third-order valence-electron chi connectivity index (χ3n) is 5.40. The molecule has 2 N–H and O–H groups in total. The Labute approximate surface area is 163 Å². The number of carbonyl (C=O) groups excluding carboxylic acids is 1. The van der Waals surface area contributed by atoms with Crippen molar-refractivity contribution in [2.24, 2.45) is 0 Å². The fourth-order valence-corrected chi connectivity index (χ4v) is 4.69. The number of anilines is 2. The van der Waals surface area contributed by atoms with E-state index in [0.29, 0.717) is 23.5 Å². The molecule has 7 nitrogen and oxygen atoms in total. The van der Waals surface area contributed by atoms with Crippen molar-refractivity contribution in [3.8, 4) is 0 Å². The van der Waals surface area contributed by atoms with E-state index in [1.807, 2.05) is 0 Å². The second-order valence-electron chi connectivity index (χ2n) is 7.10. The van der Waals surface area contributed by atoms with Gasteiger partial charge in [0.1, 0.15) is 5.69 Å². The van der Waals surface area contributed by atoms with Gasteiger partial charge in [0.25, 0.3) is 12.3 Å². The number of piperazine rings is 1. The molecule has 3 aromatic heterocycles. The molecule has 3 saturated heterocycles. The van der Waals surface area contributed by atoms with Gasteiger partial charge in [0.2, 0.25) is 5.95 Å². The summed E-state index contributed by atoms with van der Waals surface area (Å²) >= 11 is 1.13. The van der Waals surface area contributed by atoms with Gasteiger partial charge < -0.3 is 15.5 Å². The van der Waals surface area contributed by atoms with Crippen molar-refractivity contribution in [2.75, 3.05) is 23.3 Å². The van der Waals surface area contributed by atoms with E-state index in [1.54, 1.807) is 18.3 Å². The molecule has 10 heteroatoms. The summed E-state index contributed by atoms with van der Waals surface area (Å²) in [5, 5.41) is 13.5. The molecular formula is C18H18F2N6OS. The number of piperidine rings is 2. The van der Waals surface area contributed by atoms with E-state index in [-0.39, 0.29) is 16.9 Å². The predicted octanol–water partition coefficient (Wildman–Crippen LogP) is 2.92. The number of rotatable bonds is 4. The van der Waals surface area contributed by atoms with Gasteiger partial charge in [-0.2, -0.15) is 0 Å². The molecule has 3 aromatic rings. The van der Waals surface area contributed by atoms with Crippen LogP contribution in [0, 0.1) is 0 Å². The second-order valence-corrected chi connectivity index (χ2v) is 7.84. The summed E-state index contributed by atoms with van der Waals surface area (Å²) in [6, 6.07) is 4.14. The minimum atomic E-state index is -2.64. The first-order chi connectivity index (χ1) is 13.6. The van der Waals surface area contributed by atoms with Crippen LogP contribution in [-0.2, 0) is 0 Å². The Bertz CT molecular complexity index is 1030. The number of fused-ring (bicyclic) bond motifs is 4. The van der Waals surface area contributed by atoms with Gasteiger partial charge in [0.15, 0.2) is 0 Å². The fourth-order valence-electron chi connectivity index (χ4n) is 3.91. The van der Waals surface area contributed by atoms with Crippen LogP contribution in [0.4, 0.5) is 20.4 Å². The van der Waals surface area contributed by atoms with Gasteiger partial charge in [0.05, 0.1) is 23.0 Å². The number of alkyl halides is 2. The van der Waals surface area contributed by atoms with Crippen molar-refractivity contribution >= 4 is 34.4 Å². The molecule has 0 spiro atoms. The molecule has 0 unspecified atom stereocenters. The fraction of sp³-hybridized carbons (Fsp3) is 0.389. The van der Waals surface area contributed by atoms with E-state index in [4.69, 9.17) is 0 Å². The number of amides is 1. The average Bonchev–Trinajstić information content (AvgIpc) is 3.35. The van der Waals surface area contributed by atoms with Crippen LogP contribution in [0.2, 0.25) is 0 Å². The monoisotopic (exact) mass is 404 g/mol. The number of aromatic nitrogens is 3. The Morgan fingerprint density at radius 2 is 2.21 bits per heavy atom. The van der Waals surface area contributed by atoms with Crippen molar-refractivity contribution in [1.82, 2.24) is 19.9 Å². The highest BCUT2D eigenvalue weighted by Gasteiger charge is 2.35. The van der Waals surface area contributed by atoms with Crippen molar-refractivity contribution in [3.63, 3.8) is 0 Å². The quantitative estimate of drug-likeness (QED) is 0.700. The lowest BCUT2D eigenvalue weighted by atomic mass is 9.93. The lowest BCUT2D eigenvalue weighted by Gasteiger charge is -2.45. The van der Waals surface area contributed by atoms with Gasteiger partial charge >= 0.3 is 0 Å². The van der Waals surface area contributed by atoms with Crippen molar-refractivity contribution in [1.29, 1.82) is 0 Å². The highest BCUT2D eigenvalue weighted by atomic mass is 32.1. The van der Waals surface area contributed by atoms with Crippen LogP contribution < -0.4 is 15.5 Å². The van der Waals surface area contributed by atoms with Gasteiger partial charge in [-0.15, -0.1) is 16.4 Å². The van der Waals surface area contributed by atoms with Crippen LogP contribution in [0.3, 0.4) is 0 Å². The number of carbonyl (C=O) groups is 1. The molecule has 0 aliphatic carbocycles. The van der Waals surface area contributed by atoms with Crippen molar-refractivity contribution in [2.45, 2.75) is 31.4 Å². The normalized spacial score (nSPS) is 21.6. The molecule has 2 atom stereocenters. The van der Waals surface area contributed by atoms with E-state index < -0.39 is 12.3 Å². The van der Waals surface area contributed by atoms with E-state index in [2.05, 4.69) is 25.6 Å². The van der Waals surface area contributed by atoms with Gasteiger partial charge in [-0.1, -0.05) is 0 Å². The SMILES string of the molecule is O=C(Nc1cscc1C(F)F)c1ccc2cnc(N3C[C@@H]4CC[C@H]3CN4)nn12. The standard InChI is InChI=1S/C18H18F2N6OS/c19-16(20)13-8-28-9-14(13)23-17(27)15-4-3-12-6-22-18(24-26(12)15)25-7-10-1-2-11(25)5-21-10/h3-4,6,8-11,16,21H,1-2,5,7H2,(H,23,27)/t10-,11-/m0/s1. The number of nitrogens with zero attached hydrogens (tertiary/aromatic N) is 4. The molecule has 3 fully saturated rings. The van der Waals surface area contributed by atoms with Crippen LogP contribution in [0.1, 0.15) is 35.3 Å². The lowest BCUT2D eigenvalue weighted by Crippen LogP contribution is -2.61. The molecule has 0 saturated carbocycles. The first kappa shape index (κ1) is 17.5. The largest absolute Gasteiger partial charge is 0.334 e. The van der Waals surface area contributed by atoms with Crippen LogP contribution in [0.15, 0.2) is 29.1 Å². The van der Waals surface area contributed by atoms with Gasteiger partial charge in [-0.05, 0) is 25.0 Å². The van der Waals surface area contributed by atoms with Gasteiger partial charge in [-0.3, -0.25) is 4.79 Å². The van der Waals surface area contributed by atoms with E-state index in [1.165, 1.54) is 15.3 Å². The maximum Gasteiger partial charge on any atom is 0.274 e. The van der Waals surface area contributed by atoms with Crippen LogP contribution in [0.5, 0.6) is 0 Å². The molecule has 6 heterocycles. The maximum atomic E-state index is 13.1.